The van der Waals surface area contributed by atoms with E-state index in [1.807, 2.05) is 48.8 Å². The van der Waals surface area contributed by atoms with Crippen LogP contribution in [0.25, 0.3) is 6.08 Å². The number of nitrogens with one attached hydrogen (secondary N) is 1. The maximum Gasteiger partial charge on any atom is 0.244 e. The molecular weight excluding hydrogens is 402 g/mol. The van der Waals surface area contributed by atoms with Crippen LogP contribution in [0.4, 0.5) is 0 Å². The van der Waals surface area contributed by atoms with Crippen LogP contribution in [-0.4, -0.2) is 41.0 Å². The fraction of sp³-hybridized carbons (Fsp3) is 0.364. The first-order chi connectivity index (χ1) is 13.2. The molecule has 140 valence electrons. The van der Waals surface area contributed by atoms with Gasteiger partial charge in [0.05, 0.1) is 0 Å². The molecule has 2 atom stereocenters. The Morgan fingerprint density at radius 3 is 2.70 bits per heavy atom. The number of hydrogen-bond acceptors (Lipinski definition) is 3. The van der Waals surface area contributed by atoms with Crippen molar-refractivity contribution >= 4 is 27.9 Å². The standard InChI is InChI=1S/C22H24BrN3O/c23-19-6-3-16(4-7-19)5-8-21(27)25-22-18-9-12-26(13-10-18)20(22)14-17-2-1-11-24-15-17/h1-8,11,15,18,20,22H,9-10,12-14H2,(H,25,27)/b8-5+. The number of halogens is 1. The normalized spacial score (nSPS) is 27.0. The highest BCUT2D eigenvalue weighted by Gasteiger charge is 2.42. The van der Waals surface area contributed by atoms with Crippen LogP contribution in [0.2, 0.25) is 0 Å². The number of fused-ring (bicyclic) bond motifs is 3. The summed E-state index contributed by atoms with van der Waals surface area (Å²) in [5, 5.41) is 3.31. The summed E-state index contributed by atoms with van der Waals surface area (Å²) < 4.78 is 1.04. The van der Waals surface area contributed by atoms with Gasteiger partial charge in [-0.25, -0.2) is 0 Å². The van der Waals surface area contributed by atoms with Crippen molar-refractivity contribution in [2.45, 2.75) is 31.3 Å². The summed E-state index contributed by atoms with van der Waals surface area (Å²) in [6.45, 7) is 2.27. The number of nitrogens with zero attached hydrogens (tertiary/aromatic N) is 2. The van der Waals surface area contributed by atoms with Crippen LogP contribution in [0, 0.1) is 5.92 Å². The van der Waals surface area contributed by atoms with Gasteiger partial charge >= 0.3 is 0 Å². The third-order valence-electron chi connectivity index (χ3n) is 5.74. The van der Waals surface area contributed by atoms with E-state index in [9.17, 15) is 4.79 Å². The van der Waals surface area contributed by atoms with Crippen LogP contribution >= 0.6 is 15.9 Å². The molecule has 5 rings (SSSR count). The molecule has 1 N–H and O–H groups in total. The Hall–Kier alpha value is -1.98. The Labute approximate surface area is 168 Å². The van der Waals surface area contributed by atoms with Crippen LogP contribution in [0.5, 0.6) is 0 Å². The SMILES string of the molecule is O=C(/C=C/c1ccc(Br)cc1)NC1C2CCN(CC2)C1Cc1cccnc1. The van der Waals surface area contributed by atoms with Crippen LogP contribution < -0.4 is 5.32 Å². The Kier molecular flexibility index (Phi) is 5.69. The van der Waals surface area contributed by atoms with Crippen molar-refractivity contribution < 1.29 is 4.79 Å². The van der Waals surface area contributed by atoms with E-state index in [1.165, 1.54) is 18.4 Å². The molecule has 3 aliphatic heterocycles. The lowest BCUT2D eigenvalue weighted by molar-refractivity contribution is -0.119. The Morgan fingerprint density at radius 2 is 2.00 bits per heavy atom. The van der Waals surface area contributed by atoms with E-state index in [0.29, 0.717) is 12.0 Å². The third kappa shape index (κ3) is 4.47. The van der Waals surface area contributed by atoms with Crippen LogP contribution in [0.1, 0.15) is 24.0 Å². The highest BCUT2D eigenvalue weighted by atomic mass is 79.9. The Bertz CT molecular complexity index is 798. The average molecular weight is 426 g/mol. The van der Waals surface area contributed by atoms with E-state index >= 15 is 0 Å². The fourth-order valence-corrected chi connectivity index (χ4v) is 4.60. The van der Waals surface area contributed by atoms with Gasteiger partial charge in [-0.1, -0.05) is 34.1 Å². The van der Waals surface area contributed by atoms with E-state index in [1.54, 1.807) is 6.08 Å². The largest absolute Gasteiger partial charge is 0.348 e. The van der Waals surface area contributed by atoms with Crippen molar-refractivity contribution in [3.63, 3.8) is 0 Å². The quantitative estimate of drug-likeness (QED) is 0.743. The van der Waals surface area contributed by atoms with Gasteiger partial charge in [0.1, 0.15) is 0 Å². The first-order valence-electron chi connectivity index (χ1n) is 9.56. The van der Waals surface area contributed by atoms with Crippen molar-refractivity contribution in [1.82, 2.24) is 15.2 Å². The average Bonchev–Trinajstić information content (AvgIpc) is 2.71. The van der Waals surface area contributed by atoms with E-state index in [4.69, 9.17) is 0 Å². The third-order valence-corrected chi connectivity index (χ3v) is 6.27. The van der Waals surface area contributed by atoms with Gasteiger partial charge in [-0.05, 0) is 73.7 Å². The zero-order chi connectivity index (χ0) is 18.6. The van der Waals surface area contributed by atoms with Gasteiger partial charge in [0.2, 0.25) is 5.91 Å². The topological polar surface area (TPSA) is 45.2 Å². The number of carbonyl (C=O) groups is 1. The zero-order valence-electron chi connectivity index (χ0n) is 15.2. The summed E-state index contributed by atoms with van der Waals surface area (Å²) in [5.41, 5.74) is 2.26. The maximum atomic E-state index is 12.6. The molecule has 2 unspecified atom stereocenters. The van der Waals surface area contributed by atoms with E-state index in [0.717, 1.165) is 29.5 Å². The lowest BCUT2D eigenvalue weighted by atomic mass is 9.77. The predicted molar refractivity (Wildman–Crippen MR) is 111 cm³/mol. The first-order valence-corrected chi connectivity index (χ1v) is 10.4. The van der Waals surface area contributed by atoms with Gasteiger partial charge < -0.3 is 5.32 Å². The summed E-state index contributed by atoms with van der Waals surface area (Å²) in [6, 6.07) is 12.6. The molecule has 3 fully saturated rings. The molecule has 3 aliphatic rings. The highest BCUT2D eigenvalue weighted by molar-refractivity contribution is 9.10. The highest BCUT2D eigenvalue weighted by Crippen LogP contribution is 2.34. The molecule has 4 nitrogen and oxygen atoms in total. The fourth-order valence-electron chi connectivity index (χ4n) is 4.34. The van der Waals surface area contributed by atoms with Crippen molar-refractivity contribution in [2.24, 2.45) is 5.92 Å². The first kappa shape index (κ1) is 18.4. The second-order valence-corrected chi connectivity index (χ2v) is 8.34. The Morgan fingerprint density at radius 1 is 1.22 bits per heavy atom. The van der Waals surface area contributed by atoms with Crippen LogP contribution in [0.15, 0.2) is 59.3 Å². The molecule has 0 aliphatic carbocycles. The molecule has 27 heavy (non-hydrogen) atoms. The molecule has 2 aromatic rings. The number of benzene rings is 1. The van der Waals surface area contributed by atoms with Crippen LogP contribution in [-0.2, 0) is 11.2 Å². The number of hydrogen-bond donors (Lipinski definition) is 1. The summed E-state index contributed by atoms with van der Waals surface area (Å²) >= 11 is 3.43. The summed E-state index contributed by atoms with van der Waals surface area (Å²) in [4.78, 5) is 19.4. The molecular formula is C22H24BrN3O. The Balaban J connectivity index is 1.44. The lowest BCUT2D eigenvalue weighted by Crippen LogP contribution is -2.64. The molecule has 3 saturated heterocycles. The van der Waals surface area contributed by atoms with Crippen molar-refractivity contribution in [3.05, 3.63) is 70.5 Å². The van der Waals surface area contributed by atoms with Gasteiger partial charge in [-0.3, -0.25) is 14.7 Å². The summed E-state index contributed by atoms with van der Waals surface area (Å²) in [5.74, 6) is 0.564. The minimum atomic E-state index is -0.00662. The van der Waals surface area contributed by atoms with E-state index < -0.39 is 0 Å². The molecule has 5 heteroatoms. The molecule has 0 radical (unpaired) electrons. The molecule has 1 aromatic heterocycles. The van der Waals surface area contributed by atoms with Gasteiger partial charge in [-0.2, -0.15) is 0 Å². The van der Waals surface area contributed by atoms with Gasteiger partial charge in [0, 0.05) is 35.0 Å². The maximum absolute atomic E-state index is 12.6. The van der Waals surface area contributed by atoms with E-state index in [-0.39, 0.29) is 11.9 Å². The van der Waals surface area contributed by atoms with Crippen molar-refractivity contribution in [2.75, 3.05) is 13.1 Å². The van der Waals surface area contributed by atoms with Gasteiger partial charge in [-0.15, -0.1) is 0 Å². The number of amides is 1. The van der Waals surface area contributed by atoms with Crippen LogP contribution in [0.3, 0.4) is 0 Å². The molecule has 0 saturated carbocycles. The minimum absolute atomic E-state index is 0.00662. The van der Waals surface area contributed by atoms with Gasteiger partial charge in [0.25, 0.3) is 0 Å². The number of carbonyl (C=O) groups excluding carboxylic acids is 1. The lowest BCUT2D eigenvalue weighted by Gasteiger charge is -2.51. The number of aromatic nitrogens is 1. The van der Waals surface area contributed by atoms with Crippen molar-refractivity contribution in [1.29, 1.82) is 0 Å². The molecule has 2 bridgehead atoms. The molecule has 4 heterocycles. The number of rotatable bonds is 5. The number of piperidine rings is 3. The molecule has 1 aromatic carbocycles. The molecule has 0 spiro atoms. The van der Waals surface area contributed by atoms with Gasteiger partial charge in [0.15, 0.2) is 0 Å². The zero-order valence-corrected chi connectivity index (χ0v) is 16.8. The second-order valence-electron chi connectivity index (χ2n) is 7.43. The van der Waals surface area contributed by atoms with E-state index in [2.05, 4.69) is 37.2 Å². The predicted octanol–water partition coefficient (Wildman–Crippen LogP) is 3.68. The van der Waals surface area contributed by atoms with Crippen molar-refractivity contribution in [3.8, 4) is 0 Å². The monoisotopic (exact) mass is 425 g/mol. The minimum Gasteiger partial charge on any atom is -0.348 e. The second kappa shape index (κ2) is 8.36. The molecule has 1 amide bonds. The number of pyridine rings is 1. The summed E-state index contributed by atoms with van der Waals surface area (Å²) in [6.07, 6.45) is 10.6. The smallest absolute Gasteiger partial charge is 0.244 e. The summed E-state index contributed by atoms with van der Waals surface area (Å²) in [7, 11) is 0.